The van der Waals surface area contributed by atoms with Gasteiger partial charge in [0.05, 0.1) is 37.7 Å². The van der Waals surface area contributed by atoms with Crippen LogP contribution in [0.4, 0.5) is 26.1 Å². The topological polar surface area (TPSA) is 122 Å². The van der Waals surface area contributed by atoms with E-state index in [9.17, 15) is 18.7 Å². The Hall–Kier alpha value is -4.42. The van der Waals surface area contributed by atoms with Crippen LogP contribution in [0.5, 0.6) is 11.5 Å². The normalized spacial score (nSPS) is 11.2. The number of carbonyl (C=O) groups is 1. The zero-order chi connectivity index (χ0) is 29.4. The number of nitrogens with one attached hydrogen (secondary N) is 2. The first-order valence-corrected chi connectivity index (χ1v) is 13.1. The third-order valence-electron chi connectivity index (χ3n) is 6.34. The number of anilines is 3. The third kappa shape index (κ3) is 7.62. The summed E-state index contributed by atoms with van der Waals surface area (Å²) in [5.74, 6) is -0.926. The predicted molar refractivity (Wildman–Crippen MR) is 152 cm³/mol. The van der Waals surface area contributed by atoms with Crippen molar-refractivity contribution in [2.45, 2.75) is 26.3 Å². The van der Waals surface area contributed by atoms with Crippen LogP contribution in [0, 0.1) is 11.6 Å². The van der Waals surface area contributed by atoms with E-state index in [0.29, 0.717) is 53.1 Å². The molecule has 3 N–H and O–H groups in total. The lowest BCUT2D eigenvalue weighted by Crippen LogP contribution is -2.34. The maximum atomic E-state index is 13.5. The second-order valence-electron chi connectivity index (χ2n) is 9.44. The smallest absolute Gasteiger partial charge is 0.256 e. The van der Waals surface area contributed by atoms with Crippen LogP contribution in [0.3, 0.4) is 0 Å². The van der Waals surface area contributed by atoms with Crippen molar-refractivity contribution in [1.29, 1.82) is 0 Å². The molecule has 2 heterocycles. The fraction of sp³-hybridized carbons (Fsp3) is 0.310. The van der Waals surface area contributed by atoms with Crippen LogP contribution < -0.4 is 20.1 Å². The van der Waals surface area contributed by atoms with Crippen molar-refractivity contribution >= 4 is 34.1 Å². The maximum absolute atomic E-state index is 13.5. The van der Waals surface area contributed by atoms with Crippen LogP contribution in [-0.2, 0) is 0 Å². The highest BCUT2D eigenvalue weighted by Crippen LogP contribution is 2.34. The summed E-state index contributed by atoms with van der Waals surface area (Å²) in [6.45, 7) is 6.19. The van der Waals surface area contributed by atoms with Crippen molar-refractivity contribution in [3.63, 3.8) is 0 Å². The highest BCUT2D eigenvalue weighted by atomic mass is 19.2. The van der Waals surface area contributed by atoms with Gasteiger partial charge in [-0.15, -0.1) is 0 Å². The van der Waals surface area contributed by atoms with E-state index in [0.717, 1.165) is 25.1 Å². The van der Waals surface area contributed by atoms with Crippen molar-refractivity contribution in [3.05, 3.63) is 72.2 Å². The molecule has 0 unspecified atom stereocenters. The van der Waals surface area contributed by atoms with Gasteiger partial charge in [-0.25, -0.2) is 23.7 Å². The number of methoxy groups -OCH3 is 1. The SMILES string of the molecule is COc1cc2c(Nc3ccc(NC(=O)c4ccc(F)c(F)c4)nc3)ncnc2cc1OCCCN(CCO)C(C)C. The molecule has 0 aliphatic heterocycles. The number of aromatic nitrogens is 3. The number of hydrogen-bond acceptors (Lipinski definition) is 9. The Bertz CT molecular complexity index is 1490. The number of pyridine rings is 1. The van der Waals surface area contributed by atoms with Crippen LogP contribution >= 0.6 is 0 Å². The van der Waals surface area contributed by atoms with Gasteiger partial charge in [0.15, 0.2) is 23.1 Å². The summed E-state index contributed by atoms with van der Waals surface area (Å²) in [4.78, 5) is 27.5. The molecule has 4 rings (SSSR count). The molecule has 0 saturated carbocycles. The van der Waals surface area contributed by atoms with E-state index < -0.39 is 17.5 Å². The molecule has 0 spiro atoms. The Kier molecular flexibility index (Phi) is 9.93. The van der Waals surface area contributed by atoms with E-state index in [1.165, 1.54) is 18.6 Å². The maximum Gasteiger partial charge on any atom is 0.256 e. The lowest BCUT2D eigenvalue weighted by molar-refractivity contribution is 0.102. The molecule has 216 valence electrons. The van der Waals surface area contributed by atoms with Gasteiger partial charge in [0.1, 0.15) is 18.0 Å². The number of nitrogens with zero attached hydrogens (tertiary/aromatic N) is 4. The summed E-state index contributed by atoms with van der Waals surface area (Å²) in [5.41, 5.74) is 1.20. The average Bonchev–Trinajstić information content (AvgIpc) is 2.96. The molecule has 1 amide bonds. The van der Waals surface area contributed by atoms with Gasteiger partial charge in [0, 0.05) is 36.1 Å². The predicted octanol–water partition coefficient (Wildman–Crippen LogP) is 4.78. The summed E-state index contributed by atoms with van der Waals surface area (Å²) in [6, 6.07) is 10.1. The standard InChI is InChI=1S/C29H32F2N6O4/c1-18(2)37(10-11-38)9-4-12-41-26-15-24-21(14-25(26)40-3)28(34-17-33-24)35-20-6-8-27(32-16-20)36-29(39)19-5-7-22(30)23(31)13-19/h5-8,13-18,38H,4,9-12H2,1-3H3,(H,32,36,39)(H,33,34,35). The van der Waals surface area contributed by atoms with Gasteiger partial charge in [0.2, 0.25) is 0 Å². The van der Waals surface area contributed by atoms with Crippen molar-refractivity contribution in [1.82, 2.24) is 19.9 Å². The first-order chi connectivity index (χ1) is 19.8. The highest BCUT2D eigenvalue weighted by Gasteiger charge is 2.14. The number of benzene rings is 2. The third-order valence-corrected chi connectivity index (χ3v) is 6.34. The number of ether oxygens (including phenoxy) is 2. The second kappa shape index (κ2) is 13.8. The first-order valence-electron chi connectivity index (χ1n) is 13.1. The van der Waals surface area contributed by atoms with Gasteiger partial charge in [-0.05, 0) is 56.7 Å². The van der Waals surface area contributed by atoms with E-state index in [1.807, 2.05) is 0 Å². The number of rotatable bonds is 13. The van der Waals surface area contributed by atoms with Gasteiger partial charge in [-0.3, -0.25) is 9.69 Å². The van der Waals surface area contributed by atoms with E-state index in [1.54, 1.807) is 31.4 Å². The Labute approximate surface area is 236 Å². The van der Waals surface area contributed by atoms with Crippen molar-refractivity contribution in [3.8, 4) is 11.5 Å². The van der Waals surface area contributed by atoms with E-state index in [-0.39, 0.29) is 18.0 Å². The molecule has 0 fully saturated rings. The average molecular weight is 567 g/mol. The van der Waals surface area contributed by atoms with Crippen LogP contribution in [0.2, 0.25) is 0 Å². The lowest BCUT2D eigenvalue weighted by atomic mass is 10.2. The number of amides is 1. The first kappa shape index (κ1) is 29.6. The number of carbonyl (C=O) groups excluding carboxylic acids is 1. The number of fused-ring (bicyclic) bond motifs is 1. The molecule has 0 bridgehead atoms. The van der Waals surface area contributed by atoms with E-state index >= 15 is 0 Å². The summed E-state index contributed by atoms with van der Waals surface area (Å²) in [5, 5.41) is 15.7. The van der Waals surface area contributed by atoms with Crippen LogP contribution in [0.25, 0.3) is 10.9 Å². The Morgan fingerprint density at radius 1 is 1.02 bits per heavy atom. The Balaban J connectivity index is 1.43. The fourth-order valence-corrected chi connectivity index (χ4v) is 4.15. The van der Waals surface area contributed by atoms with Crippen LogP contribution in [-0.4, -0.2) is 70.3 Å². The fourth-order valence-electron chi connectivity index (χ4n) is 4.15. The lowest BCUT2D eigenvalue weighted by Gasteiger charge is -2.25. The second-order valence-corrected chi connectivity index (χ2v) is 9.44. The van der Waals surface area contributed by atoms with Crippen molar-refractivity contribution in [2.24, 2.45) is 0 Å². The zero-order valence-electron chi connectivity index (χ0n) is 23.0. The molecule has 0 radical (unpaired) electrons. The molecule has 2 aromatic heterocycles. The highest BCUT2D eigenvalue weighted by molar-refractivity contribution is 6.03. The van der Waals surface area contributed by atoms with Gasteiger partial charge < -0.3 is 25.2 Å². The molecule has 0 saturated heterocycles. The van der Waals surface area contributed by atoms with Crippen molar-refractivity contribution in [2.75, 3.05) is 44.0 Å². The summed E-state index contributed by atoms with van der Waals surface area (Å²) < 4.78 is 38.2. The Morgan fingerprint density at radius 3 is 2.54 bits per heavy atom. The monoisotopic (exact) mass is 566 g/mol. The van der Waals surface area contributed by atoms with Gasteiger partial charge >= 0.3 is 0 Å². The van der Waals surface area contributed by atoms with E-state index in [2.05, 4.69) is 44.3 Å². The molecule has 2 aromatic carbocycles. The molecule has 0 aliphatic rings. The summed E-state index contributed by atoms with van der Waals surface area (Å²) in [7, 11) is 1.56. The quantitative estimate of drug-likeness (QED) is 0.196. The minimum Gasteiger partial charge on any atom is -0.493 e. The molecule has 41 heavy (non-hydrogen) atoms. The van der Waals surface area contributed by atoms with Crippen LogP contribution in [0.15, 0.2) is 55.0 Å². The minimum atomic E-state index is -1.11. The molecule has 0 atom stereocenters. The zero-order valence-corrected chi connectivity index (χ0v) is 23.0. The molecule has 4 aromatic rings. The number of aliphatic hydroxyl groups is 1. The molecule has 10 nitrogen and oxygen atoms in total. The molecule has 0 aliphatic carbocycles. The van der Waals surface area contributed by atoms with Crippen molar-refractivity contribution < 1.29 is 28.2 Å². The molecular weight excluding hydrogens is 534 g/mol. The molecule has 12 heteroatoms. The number of hydrogen-bond donors (Lipinski definition) is 3. The Morgan fingerprint density at radius 2 is 1.85 bits per heavy atom. The minimum absolute atomic E-state index is 0.0307. The summed E-state index contributed by atoms with van der Waals surface area (Å²) >= 11 is 0. The number of halogens is 2. The summed E-state index contributed by atoms with van der Waals surface area (Å²) in [6.07, 6.45) is 3.71. The largest absolute Gasteiger partial charge is 0.493 e. The van der Waals surface area contributed by atoms with Gasteiger partial charge in [0.25, 0.3) is 5.91 Å². The number of aliphatic hydroxyl groups excluding tert-OH is 1. The van der Waals surface area contributed by atoms with Crippen LogP contribution in [0.1, 0.15) is 30.6 Å². The molecular formula is C29H32F2N6O4. The van der Waals surface area contributed by atoms with E-state index in [4.69, 9.17) is 9.47 Å². The van der Waals surface area contributed by atoms with Gasteiger partial charge in [-0.2, -0.15) is 0 Å². The van der Waals surface area contributed by atoms with Gasteiger partial charge in [-0.1, -0.05) is 0 Å².